The number of benzene rings is 4. The third-order valence-corrected chi connectivity index (χ3v) is 7.72. The molecule has 1 heteroatoms. The highest BCUT2D eigenvalue weighted by molar-refractivity contribution is 5.91. The van der Waals surface area contributed by atoms with E-state index in [-0.39, 0.29) is 10.8 Å². The van der Waals surface area contributed by atoms with Crippen LogP contribution < -0.4 is 4.90 Å². The minimum Gasteiger partial charge on any atom is -0.310 e. The third kappa shape index (κ3) is 2.45. The Balaban J connectivity index is 1.69. The molecule has 0 N–H and O–H groups in total. The summed E-state index contributed by atoms with van der Waals surface area (Å²) < 4.78 is 0. The number of rotatable bonds is 1. The van der Waals surface area contributed by atoms with Gasteiger partial charge in [0.25, 0.3) is 0 Å². The first-order valence-corrected chi connectivity index (χ1v) is 11.6. The lowest BCUT2D eigenvalue weighted by molar-refractivity contribution is 0.627. The molecule has 32 heavy (non-hydrogen) atoms. The number of hydrogen-bond donors (Lipinski definition) is 0. The fraction of sp³-hybridized carbons (Fsp3) is 0.226. The number of nitrogens with zero attached hydrogens (tertiary/aromatic N) is 1. The van der Waals surface area contributed by atoms with Gasteiger partial charge in [-0.2, -0.15) is 0 Å². The van der Waals surface area contributed by atoms with E-state index >= 15 is 0 Å². The third-order valence-electron chi connectivity index (χ3n) is 7.72. The van der Waals surface area contributed by atoms with E-state index in [1.807, 2.05) is 0 Å². The molecular formula is C31H29N. The van der Waals surface area contributed by atoms with Crippen LogP contribution in [0.4, 0.5) is 17.1 Å². The maximum atomic E-state index is 2.48. The van der Waals surface area contributed by atoms with Crippen LogP contribution in [0.2, 0.25) is 0 Å². The average molecular weight is 416 g/mol. The van der Waals surface area contributed by atoms with Gasteiger partial charge in [-0.05, 0) is 70.6 Å². The summed E-state index contributed by atoms with van der Waals surface area (Å²) in [6.45, 7) is 11.6. The molecule has 0 bridgehead atoms. The summed E-state index contributed by atoms with van der Waals surface area (Å²) in [5.74, 6) is 0. The van der Waals surface area contributed by atoms with Crippen LogP contribution in [0.25, 0.3) is 11.1 Å². The Labute approximate surface area is 191 Å². The molecule has 158 valence electrons. The van der Waals surface area contributed by atoms with Gasteiger partial charge in [0.05, 0.1) is 11.4 Å². The summed E-state index contributed by atoms with van der Waals surface area (Å²) >= 11 is 0. The van der Waals surface area contributed by atoms with Gasteiger partial charge in [-0.25, -0.2) is 0 Å². The Morgan fingerprint density at radius 2 is 1.16 bits per heavy atom. The van der Waals surface area contributed by atoms with Crippen molar-refractivity contribution < 1.29 is 0 Å². The number of aryl methyl sites for hydroxylation is 1. The Hall–Kier alpha value is -3.32. The second kappa shape index (κ2) is 6.36. The van der Waals surface area contributed by atoms with Gasteiger partial charge >= 0.3 is 0 Å². The molecule has 0 radical (unpaired) electrons. The van der Waals surface area contributed by atoms with Crippen LogP contribution in [0.15, 0.2) is 84.9 Å². The van der Waals surface area contributed by atoms with Gasteiger partial charge in [-0.15, -0.1) is 0 Å². The molecule has 1 nitrogen and oxygen atoms in total. The SMILES string of the molecule is Cc1ccc(N2c3ccccc3C(C)(C)c3cc4c(cc32)C(C)(C)c2ccccc2-4)cc1. The highest BCUT2D eigenvalue weighted by Crippen LogP contribution is 2.57. The van der Waals surface area contributed by atoms with Gasteiger partial charge < -0.3 is 4.90 Å². The standard InChI is InChI=1S/C31H29N/c1-20-14-16-21(17-15-20)32-28-13-9-8-12-25(28)31(4,5)27-18-23-22-10-6-7-11-24(22)30(2,3)26(23)19-29(27)32/h6-19H,1-5H3. The van der Waals surface area contributed by atoms with Crippen molar-refractivity contribution in [1.82, 2.24) is 0 Å². The zero-order valence-electron chi connectivity index (χ0n) is 19.5. The van der Waals surface area contributed by atoms with E-state index in [0.29, 0.717) is 0 Å². The van der Waals surface area contributed by atoms with Crippen molar-refractivity contribution in [2.45, 2.75) is 45.4 Å². The van der Waals surface area contributed by atoms with Crippen LogP contribution in [0.1, 0.15) is 55.5 Å². The summed E-state index contributed by atoms with van der Waals surface area (Å²) in [5.41, 5.74) is 13.4. The number of para-hydroxylation sites is 1. The van der Waals surface area contributed by atoms with E-state index in [1.54, 1.807) is 0 Å². The van der Waals surface area contributed by atoms with E-state index < -0.39 is 0 Å². The smallest absolute Gasteiger partial charge is 0.0506 e. The monoisotopic (exact) mass is 415 g/mol. The van der Waals surface area contributed by atoms with Crippen LogP contribution in [-0.4, -0.2) is 0 Å². The second-order valence-electron chi connectivity index (χ2n) is 10.4. The predicted octanol–water partition coefficient (Wildman–Crippen LogP) is 8.41. The zero-order chi connectivity index (χ0) is 22.3. The van der Waals surface area contributed by atoms with Crippen molar-refractivity contribution >= 4 is 17.1 Å². The van der Waals surface area contributed by atoms with Crippen molar-refractivity contribution in [2.75, 3.05) is 4.90 Å². The predicted molar refractivity (Wildman–Crippen MR) is 136 cm³/mol. The van der Waals surface area contributed by atoms with Gasteiger partial charge in [0.1, 0.15) is 0 Å². The van der Waals surface area contributed by atoms with E-state index in [9.17, 15) is 0 Å². The average Bonchev–Trinajstić information content (AvgIpc) is 3.01. The normalized spacial score (nSPS) is 16.7. The van der Waals surface area contributed by atoms with Gasteiger partial charge in [0.15, 0.2) is 0 Å². The quantitative estimate of drug-likeness (QED) is 0.301. The van der Waals surface area contributed by atoms with Crippen molar-refractivity contribution in [3.05, 3.63) is 113 Å². The second-order valence-corrected chi connectivity index (χ2v) is 10.4. The Morgan fingerprint density at radius 1 is 0.531 bits per heavy atom. The summed E-state index contributed by atoms with van der Waals surface area (Å²) in [6, 6.07) is 31.7. The van der Waals surface area contributed by atoms with Crippen LogP contribution >= 0.6 is 0 Å². The Bertz CT molecular complexity index is 1370. The lowest BCUT2D eigenvalue weighted by atomic mass is 9.72. The van der Waals surface area contributed by atoms with Gasteiger partial charge in [-0.1, -0.05) is 87.9 Å². The molecule has 6 rings (SSSR count). The van der Waals surface area contributed by atoms with Crippen LogP contribution in [0.3, 0.4) is 0 Å². The first-order valence-electron chi connectivity index (χ1n) is 11.6. The molecule has 0 aromatic heterocycles. The fourth-order valence-electron chi connectivity index (χ4n) is 5.87. The van der Waals surface area contributed by atoms with Crippen LogP contribution in [-0.2, 0) is 10.8 Å². The van der Waals surface area contributed by atoms with Crippen molar-refractivity contribution in [2.24, 2.45) is 0 Å². The van der Waals surface area contributed by atoms with E-state index in [4.69, 9.17) is 0 Å². The topological polar surface area (TPSA) is 3.24 Å². The molecule has 0 amide bonds. The molecule has 0 saturated heterocycles. The fourth-order valence-corrected chi connectivity index (χ4v) is 5.87. The lowest BCUT2D eigenvalue weighted by Gasteiger charge is -2.43. The minimum atomic E-state index is -0.0795. The molecule has 0 fully saturated rings. The maximum Gasteiger partial charge on any atom is 0.0506 e. The number of anilines is 3. The first kappa shape index (κ1) is 19.4. The molecule has 0 unspecified atom stereocenters. The Morgan fingerprint density at radius 3 is 1.91 bits per heavy atom. The molecule has 2 aliphatic rings. The number of fused-ring (bicyclic) bond motifs is 5. The minimum absolute atomic E-state index is 0.0129. The van der Waals surface area contributed by atoms with Gasteiger partial charge in [0, 0.05) is 16.5 Å². The van der Waals surface area contributed by atoms with Crippen molar-refractivity contribution in [3.8, 4) is 11.1 Å². The molecule has 1 aliphatic carbocycles. The van der Waals surface area contributed by atoms with Crippen molar-refractivity contribution in [3.63, 3.8) is 0 Å². The molecule has 1 heterocycles. The highest BCUT2D eigenvalue weighted by atomic mass is 15.2. The molecule has 1 aliphatic heterocycles. The molecule has 0 atom stereocenters. The molecule has 0 saturated carbocycles. The molecule has 0 spiro atoms. The van der Waals surface area contributed by atoms with E-state index in [2.05, 4.69) is 124 Å². The summed E-state index contributed by atoms with van der Waals surface area (Å²) in [7, 11) is 0. The molecule has 4 aromatic rings. The maximum absolute atomic E-state index is 2.48. The van der Waals surface area contributed by atoms with E-state index in [1.165, 1.54) is 56.0 Å². The van der Waals surface area contributed by atoms with Crippen LogP contribution in [0.5, 0.6) is 0 Å². The van der Waals surface area contributed by atoms with Gasteiger partial charge in [0.2, 0.25) is 0 Å². The summed E-state index contributed by atoms with van der Waals surface area (Å²) in [6.07, 6.45) is 0. The van der Waals surface area contributed by atoms with Crippen LogP contribution in [0, 0.1) is 6.92 Å². The Kier molecular flexibility index (Phi) is 3.85. The molecular weight excluding hydrogens is 386 g/mol. The summed E-state index contributed by atoms with van der Waals surface area (Å²) in [4.78, 5) is 2.47. The summed E-state index contributed by atoms with van der Waals surface area (Å²) in [5, 5.41) is 0. The van der Waals surface area contributed by atoms with Gasteiger partial charge in [-0.3, -0.25) is 0 Å². The number of hydrogen-bond acceptors (Lipinski definition) is 1. The first-order chi connectivity index (χ1) is 15.3. The zero-order valence-corrected chi connectivity index (χ0v) is 19.5. The van der Waals surface area contributed by atoms with E-state index in [0.717, 1.165) is 0 Å². The molecule has 4 aromatic carbocycles. The van der Waals surface area contributed by atoms with Crippen molar-refractivity contribution in [1.29, 1.82) is 0 Å². The lowest BCUT2D eigenvalue weighted by Crippen LogP contribution is -2.31. The highest BCUT2D eigenvalue weighted by Gasteiger charge is 2.42. The largest absolute Gasteiger partial charge is 0.310 e.